The number of rotatable bonds is 3. The van der Waals surface area contributed by atoms with E-state index < -0.39 is 0 Å². The number of aromatic nitrogens is 3. The molecule has 1 aromatic rings. The fourth-order valence-electron chi connectivity index (χ4n) is 2.54. The molecule has 0 radical (unpaired) electrons. The van der Waals surface area contributed by atoms with Gasteiger partial charge in [0.25, 0.3) is 0 Å². The quantitative estimate of drug-likeness (QED) is 0.773. The van der Waals surface area contributed by atoms with Crippen molar-refractivity contribution in [3.8, 4) is 0 Å². The van der Waals surface area contributed by atoms with Gasteiger partial charge in [-0.2, -0.15) is 5.10 Å². The molecular formula is C12H21N5O. The molecule has 0 aliphatic heterocycles. The first-order valence-corrected chi connectivity index (χ1v) is 6.53. The fourth-order valence-corrected chi connectivity index (χ4v) is 2.54. The van der Waals surface area contributed by atoms with E-state index in [-0.39, 0.29) is 17.9 Å². The smallest absolute Gasteiger partial charge is 0.227 e. The number of carbonyl (C=O) groups excluding carboxylic acids is 1. The van der Waals surface area contributed by atoms with Gasteiger partial charge in [-0.15, -0.1) is 0 Å². The maximum Gasteiger partial charge on any atom is 0.227 e. The number of hydrogen-bond acceptors (Lipinski definition) is 4. The van der Waals surface area contributed by atoms with E-state index in [9.17, 15) is 4.79 Å². The largest absolute Gasteiger partial charge is 0.338 e. The molecule has 6 heteroatoms. The Morgan fingerprint density at radius 1 is 1.50 bits per heavy atom. The third-order valence-corrected chi connectivity index (χ3v) is 3.61. The zero-order valence-corrected chi connectivity index (χ0v) is 10.8. The number of aromatic amines is 1. The summed E-state index contributed by atoms with van der Waals surface area (Å²) in [6.45, 7) is 0.460. The third kappa shape index (κ3) is 3.07. The molecule has 1 amide bonds. The molecule has 0 aromatic carbocycles. The standard InChI is InChI=1S/C12H21N5O/c1-17(7-11-14-8-15-16-11)12(18)9-5-3-2-4-6-10(9)13/h8-10H,2-7,13H2,1H3,(H,14,15,16). The fraction of sp³-hybridized carbons (Fsp3) is 0.750. The Morgan fingerprint density at radius 2 is 2.28 bits per heavy atom. The van der Waals surface area contributed by atoms with Crippen LogP contribution in [0, 0.1) is 5.92 Å². The van der Waals surface area contributed by atoms with E-state index in [0.29, 0.717) is 12.4 Å². The van der Waals surface area contributed by atoms with E-state index in [1.807, 2.05) is 0 Å². The lowest BCUT2D eigenvalue weighted by Gasteiger charge is -2.25. The molecule has 0 bridgehead atoms. The minimum absolute atomic E-state index is 0.00261. The van der Waals surface area contributed by atoms with Crippen LogP contribution in [-0.4, -0.2) is 39.1 Å². The van der Waals surface area contributed by atoms with Gasteiger partial charge in [0.2, 0.25) is 5.91 Å². The first-order chi connectivity index (χ1) is 8.68. The van der Waals surface area contributed by atoms with Gasteiger partial charge in [0.05, 0.1) is 12.5 Å². The van der Waals surface area contributed by atoms with Gasteiger partial charge in [-0.05, 0) is 12.8 Å². The summed E-state index contributed by atoms with van der Waals surface area (Å²) in [4.78, 5) is 18.1. The van der Waals surface area contributed by atoms with Crippen molar-refractivity contribution in [1.82, 2.24) is 20.1 Å². The monoisotopic (exact) mass is 251 g/mol. The second-order valence-electron chi connectivity index (χ2n) is 5.03. The Morgan fingerprint density at radius 3 is 3.00 bits per heavy atom. The second kappa shape index (κ2) is 5.95. The van der Waals surface area contributed by atoms with Crippen LogP contribution in [0.1, 0.15) is 37.9 Å². The summed E-state index contributed by atoms with van der Waals surface area (Å²) in [5, 5.41) is 6.54. The summed E-state index contributed by atoms with van der Waals surface area (Å²) in [5.74, 6) is 0.786. The highest BCUT2D eigenvalue weighted by Gasteiger charge is 2.29. The zero-order valence-electron chi connectivity index (χ0n) is 10.8. The van der Waals surface area contributed by atoms with E-state index in [2.05, 4.69) is 15.2 Å². The molecule has 0 saturated heterocycles. The Labute approximate surface area is 107 Å². The van der Waals surface area contributed by atoms with Crippen LogP contribution < -0.4 is 5.73 Å². The Bertz CT molecular complexity index is 378. The Hall–Kier alpha value is -1.43. The molecule has 6 nitrogen and oxygen atoms in total. The van der Waals surface area contributed by atoms with Crippen molar-refractivity contribution < 1.29 is 4.79 Å². The molecule has 2 rings (SSSR count). The third-order valence-electron chi connectivity index (χ3n) is 3.61. The van der Waals surface area contributed by atoms with Crippen LogP contribution in [0.2, 0.25) is 0 Å². The zero-order chi connectivity index (χ0) is 13.0. The average Bonchev–Trinajstić information content (AvgIpc) is 2.76. The number of nitrogens with zero attached hydrogens (tertiary/aromatic N) is 3. The van der Waals surface area contributed by atoms with Crippen molar-refractivity contribution >= 4 is 5.91 Å². The predicted octanol–water partition coefficient (Wildman–Crippen LogP) is 0.671. The van der Waals surface area contributed by atoms with Crippen LogP contribution in [0.4, 0.5) is 0 Å². The Balaban J connectivity index is 1.96. The molecule has 100 valence electrons. The first kappa shape index (κ1) is 13.0. The Kier molecular flexibility index (Phi) is 4.30. The summed E-state index contributed by atoms with van der Waals surface area (Å²) in [6.07, 6.45) is 6.72. The summed E-state index contributed by atoms with van der Waals surface area (Å²) < 4.78 is 0. The van der Waals surface area contributed by atoms with Crippen LogP contribution in [0.3, 0.4) is 0 Å². The maximum atomic E-state index is 12.4. The summed E-state index contributed by atoms with van der Waals surface area (Å²) in [5.41, 5.74) is 6.11. The summed E-state index contributed by atoms with van der Waals surface area (Å²) in [7, 11) is 1.79. The highest BCUT2D eigenvalue weighted by molar-refractivity contribution is 5.79. The number of nitrogens with one attached hydrogen (secondary N) is 1. The SMILES string of the molecule is CN(Cc1ncn[nH]1)C(=O)C1CCCCCC1N. The van der Waals surface area contributed by atoms with Crippen LogP contribution in [0.15, 0.2) is 6.33 Å². The summed E-state index contributed by atoms with van der Waals surface area (Å²) >= 11 is 0. The van der Waals surface area contributed by atoms with Gasteiger partial charge in [-0.1, -0.05) is 19.3 Å². The van der Waals surface area contributed by atoms with Gasteiger partial charge in [-0.25, -0.2) is 4.98 Å². The number of hydrogen-bond donors (Lipinski definition) is 2. The van der Waals surface area contributed by atoms with Crippen LogP contribution in [0.25, 0.3) is 0 Å². The number of H-pyrrole nitrogens is 1. The van der Waals surface area contributed by atoms with Gasteiger partial charge in [0.1, 0.15) is 12.2 Å². The molecule has 0 spiro atoms. The molecule has 3 N–H and O–H groups in total. The van der Waals surface area contributed by atoms with Crippen molar-refractivity contribution in [2.75, 3.05) is 7.05 Å². The molecule has 1 aromatic heterocycles. The van der Waals surface area contributed by atoms with E-state index in [0.717, 1.165) is 25.7 Å². The number of nitrogens with two attached hydrogens (primary N) is 1. The molecular weight excluding hydrogens is 230 g/mol. The molecule has 2 unspecified atom stereocenters. The van der Waals surface area contributed by atoms with Gasteiger partial charge in [0, 0.05) is 13.1 Å². The number of carbonyl (C=O) groups is 1. The molecule has 1 saturated carbocycles. The van der Waals surface area contributed by atoms with E-state index in [4.69, 9.17) is 5.73 Å². The molecule has 1 aliphatic rings. The topological polar surface area (TPSA) is 87.9 Å². The summed E-state index contributed by atoms with van der Waals surface area (Å²) in [6, 6.07) is -0.00261. The lowest BCUT2D eigenvalue weighted by molar-refractivity contribution is -0.135. The minimum Gasteiger partial charge on any atom is -0.338 e. The lowest BCUT2D eigenvalue weighted by Crippen LogP contribution is -2.42. The van der Waals surface area contributed by atoms with E-state index in [1.165, 1.54) is 12.7 Å². The van der Waals surface area contributed by atoms with Gasteiger partial charge in [0.15, 0.2) is 0 Å². The average molecular weight is 251 g/mol. The van der Waals surface area contributed by atoms with Crippen LogP contribution in [-0.2, 0) is 11.3 Å². The van der Waals surface area contributed by atoms with Crippen molar-refractivity contribution in [3.05, 3.63) is 12.2 Å². The number of amides is 1. The highest BCUT2D eigenvalue weighted by atomic mass is 16.2. The van der Waals surface area contributed by atoms with Gasteiger partial charge < -0.3 is 10.6 Å². The maximum absolute atomic E-state index is 12.4. The van der Waals surface area contributed by atoms with Gasteiger partial charge in [-0.3, -0.25) is 9.89 Å². The molecule has 1 aliphatic carbocycles. The minimum atomic E-state index is -0.0413. The molecule has 18 heavy (non-hydrogen) atoms. The highest BCUT2D eigenvalue weighted by Crippen LogP contribution is 2.24. The van der Waals surface area contributed by atoms with E-state index in [1.54, 1.807) is 11.9 Å². The first-order valence-electron chi connectivity index (χ1n) is 6.53. The van der Waals surface area contributed by atoms with E-state index >= 15 is 0 Å². The normalized spacial score (nSPS) is 24.6. The molecule has 1 heterocycles. The lowest BCUT2D eigenvalue weighted by atomic mass is 9.94. The molecule has 1 fully saturated rings. The van der Waals surface area contributed by atoms with Crippen molar-refractivity contribution in [1.29, 1.82) is 0 Å². The van der Waals surface area contributed by atoms with Crippen molar-refractivity contribution in [2.24, 2.45) is 11.7 Å². The molecule has 2 atom stereocenters. The van der Waals surface area contributed by atoms with Crippen LogP contribution >= 0.6 is 0 Å². The van der Waals surface area contributed by atoms with Crippen molar-refractivity contribution in [3.63, 3.8) is 0 Å². The second-order valence-corrected chi connectivity index (χ2v) is 5.03. The van der Waals surface area contributed by atoms with Crippen molar-refractivity contribution in [2.45, 2.75) is 44.7 Å². The van der Waals surface area contributed by atoms with Gasteiger partial charge >= 0.3 is 0 Å². The predicted molar refractivity (Wildman–Crippen MR) is 67.4 cm³/mol. The van der Waals surface area contributed by atoms with Crippen LogP contribution in [0.5, 0.6) is 0 Å².